The fourth-order valence-corrected chi connectivity index (χ4v) is 2.62. The van der Waals surface area contributed by atoms with Crippen molar-refractivity contribution in [2.45, 2.75) is 13.8 Å². The molecule has 0 radical (unpaired) electrons. The fourth-order valence-electron chi connectivity index (χ4n) is 2.32. The number of nitrogens with zero attached hydrogens (tertiary/aromatic N) is 1. The molecule has 140 valence electrons. The third-order valence-electron chi connectivity index (χ3n) is 3.36. The van der Waals surface area contributed by atoms with Gasteiger partial charge in [0.25, 0.3) is 5.91 Å². The quantitative estimate of drug-likeness (QED) is 0.243. The summed E-state index contributed by atoms with van der Waals surface area (Å²) in [5.41, 5.74) is 9.48. The Labute approximate surface area is 180 Å². The van der Waals surface area contributed by atoms with Crippen molar-refractivity contribution in [3.63, 3.8) is 0 Å². The van der Waals surface area contributed by atoms with Crippen molar-refractivity contribution in [1.82, 2.24) is 5.32 Å². The average molecular weight is 507 g/mol. The van der Waals surface area contributed by atoms with Crippen molar-refractivity contribution >= 4 is 64.7 Å². The van der Waals surface area contributed by atoms with E-state index in [2.05, 4.69) is 21.7 Å². The second kappa shape index (κ2) is 10.6. The summed E-state index contributed by atoms with van der Waals surface area (Å²) in [6.45, 7) is 4.75. The molecule has 2 aromatic rings. The predicted octanol–water partition coefficient (Wildman–Crippen LogP) is 4.38. The van der Waals surface area contributed by atoms with Crippen LogP contribution < -0.4 is 16.4 Å². The van der Waals surface area contributed by atoms with Crippen LogP contribution in [0.5, 0.6) is 0 Å². The molecule has 0 bridgehead atoms. The molecular weight excluding hydrogens is 486 g/mol. The smallest absolute Gasteiger partial charge is 0.251 e. The van der Waals surface area contributed by atoms with Gasteiger partial charge >= 0.3 is 0 Å². The van der Waals surface area contributed by atoms with Crippen LogP contribution >= 0.6 is 47.2 Å². The van der Waals surface area contributed by atoms with E-state index in [4.69, 9.17) is 28.9 Å². The first-order valence-corrected chi connectivity index (χ1v) is 8.49. The number of halogens is 3. The third kappa shape index (κ3) is 7.01. The molecule has 0 saturated carbocycles. The molecule has 5 nitrogen and oxygen atoms in total. The van der Waals surface area contributed by atoms with Crippen LogP contribution in [0, 0.1) is 13.8 Å². The van der Waals surface area contributed by atoms with Gasteiger partial charge in [0.05, 0.1) is 16.6 Å². The Morgan fingerprint density at radius 3 is 2.35 bits per heavy atom. The molecule has 0 unspecified atom stereocenters. The molecule has 0 aliphatic rings. The SMILES string of the molecule is Cc1cc(C)cc(NC(N)=NCCNC(=O)c2ccc(Cl)c(Cl)c2)c1.I. The minimum absolute atomic E-state index is 0. The predicted molar refractivity (Wildman–Crippen MR) is 120 cm³/mol. The van der Waals surface area contributed by atoms with Gasteiger partial charge in [-0.15, -0.1) is 24.0 Å². The topological polar surface area (TPSA) is 79.5 Å². The van der Waals surface area contributed by atoms with Gasteiger partial charge in [0.2, 0.25) is 0 Å². The lowest BCUT2D eigenvalue weighted by Crippen LogP contribution is -2.28. The van der Waals surface area contributed by atoms with Crippen molar-refractivity contribution in [2.75, 3.05) is 18.4 Å². The minimum atomic E-state index is -0.241. The van der Waals surface area contributed by atoms with E-state index in [1.807, 2.05) is 26.0 Å². The Balaban J connectivity index is 0.00000338. The zero-order valence-electron chi connectivity index (χ0n) is 14.5. The van der Waals surface area contributed by atoms with Crippen LogP contribution in [0.3, 0.4) is 0 Å². The summed E-state index contributed by atoms with van der Waals surface area (Å²) >= 11 is 11.7. The lowest BCUT2D eigenvalue weighted by atomic mass is 10.1. The molecule has 2 aromatic carbocycles. The second-order valence-electron chi connectivity index (χ2n) is 5.65. The number of rotatable bonds is 5. The highest BCUT2D eigenvalue weighted by Gasteiger charge is 2.07. The van der Waals surface area contributed by atoms with E-state index in [1.165, 1.54) is 6.07 Å². The van der Waals surface area contributed by atoms with Crippen LogP contribution in [-0.2, 0) is 0 Å². The first-order valence-electron chi connectivity index (χ1n) is 7.73. The van der Waals surface area contributed by atoms with Crippen LogP contribution in [0.25, 0.3) is 0 Å². The summed E-state index contributed by atoms with van der Waals surface area (Å²) in [6, 6.07) is 10.8. The molecule has 1 amide bonds. The highest BCUT2D eigenvalue weighted by molar-refractivity contribution is 14.0. The van der Waals surface area contributed by atoms with Crippen LogP contribution in [-0.4, -0.2) is 25.0 Å². The van der Waals surface area contributed by atoms with Gasteiger partial charge in [0.15, 0.2) is 5.96 Å². The third-order valence-corrected chi connectivity index (χ3v) is 4.09. The summed E-state index contributed by atoms with van der Waals surface area (Å²) < 4.78 is 0. The van der Waals surface area contributed by atoms with Gasteiger partial charge in [-0.1, -0.05) is 29.3 Å². The number of hydrogen-bond donors (Lipinski definition) is 3. The summed E-state index contributed by atoms with van der Waals surface area (Å²) in [6.07, 6.45) is 0. The number of guanidine groups is 1. The van der Waals surface area contributed by atoms with E-state index in [-0.39, 0.29) is 29.9 Å². The zero-order valence-corrected chi connectivity index (χ0v) is 18.3. The van der Waals surface area contributed by atoms with Crippen LogP contribution in [0.15, 0.2) is 41.4 Å². The van der Waals surface area contributed by atoms with Crippen LogP contribution in [0.2, 0.25) is 10.0 Å². The van der Waals surface area contributed by atoms with Crippen molar-refractivity contribution in [2.24, 2.45) is 10.7 Å². The van der Waals surface area contributed by atoms with E-state index in [9.17, 15) is 4.79 Å². The Morgan fingerprint density at radius 1 is 1.08 bits per heavy atom. The first-order chi connectivity index (χ1) is 11.8. The molecule has 2 rings (SSSR count). The number of anilines is 1. The number of carbonyl (C=O) groups excluding carboxylic acids is 1. The van der Waals surface area contributed by atoms with Crippen molar-refractivity contribution < 1.29 is 4.79 Å². The molecule has 8 heteroatoms. The standard InChI is InChI=1S/C18H20Cl2N4O.HI/c1-11-7-12(2)9-14(8-11)24-18(21)23-6-5-22-17(25)13-3-4-15(19)16(20)10-13;/h3-4,7-10H,5-6H2,1-2H3,(H,22,25)(H3,21,23,24);1H. The molecule has 4 N–H and O–H groups in total. The van der Waals surface area contributed by atoms with Gasteiger partial charge in [-0.05, 0) is 55.3 Å². The van der Waals surface area contributed by atoms with E-state index in [0.717, 1.165) is 16.8 Å². The Kier molecular flexibility index (Phi) is 9.18. The zero-order chi connectivity index (χ0) is 18.4. The number of aliphatic imine (C=N–C) groups is 1. The highest BCUT2D eigenvalue weighted by atomic mass is 127. The molecule has 26 heavy (non-hydrogen) atoms. The maximum Gasteiger partial charge on any atom is 0.251 e. The molecule has 0 aromatic heterocycles. The minimum Gasteiger partial charge on any atom is -0.370 e. The fraction of sp³-hybridized carbons (Fsp3) is 0.222. The Bertz CT molecular complexity index is 792. The maximum atomic E-state index is 12.0. The van der Waals surface area contributed by atoms with Crippen LogP contribution in [0.4, 0.5) is 5.69 Å². The Hall–Kier alpha value is -1.51. The van der Waals surface area contributed by atoms with Crippen molar-refractivity contribution in [3.8, 4) is 0 Å². The number of aryl methyl sites for hydroxylation is 2. The van der Waals surface area contributed by atoms with Gasteiger partial charge in [-0.25, -0.2) is 0 Å². The van der Waals surface area contributed by atoms with Gasteiger partial charge < -0.3 is 16.4 Å². The summed E-state index contributed by atoms with van der Waals surface area (Å²) in [7, 11) is 0. The molecule has 0 fully saturated rings. The summed E-state index contributed by atoms with van der Waals surface area (Å²) in [5.74, 6) is 0.0587. The molecule has 0 saturated heterocycles. The number of nitrogens with one attached hydrogen (secondary N) is 2. The van der Waals surface area contributed by atoms with Gasteiger partial charge in [0, 0.05) is 17.8 Å². The molecule has 0 spiro atoms. The molecule has 0 aliphatic heterocycles. The number of carbonyl (C=O) groups is 1. The Morgan fingerprint density at radius 2 is 1.73 bits per heavy atom. The molecule has 0 aliphatic carbocycles. The van der Waals surface area contributed by atoms with Crippen molar-refractivity contribution in [1.29, 1.82) is 0 Å². The summed E-state index contributed by atoms with van der Waals surface area (Å²) in [4.78, 5) is 16.2. The highest BCUT2D eigenvalue weighted by Crippen LogP contribution is 2.22. The maximum absolute atomic E-state index is 12.0. The second-order valence-corrected chi connectivity index (χ2v) is 6.47. The number of hydrogen-bond acceptors (Lipinski definition) is 2. The molecular formula is C18H21Cl2IN4O. The van der Waals surface area contributed by atoms with Crippen LogP contribution in [0.1, 0.15) is 21.5 Å². The monoisotopic (exact) mass is 506 g/mol. The van der Waals surface area contributed by atoms with E-state index in [0.29, 0.717) is 34.7 Å². The van der Waals surface area contributed by atoms with Gasteiger partial charge in [-0.2, -0.15) is 0 Å². The normalized spacial score (nSPS) is 10.8. The van der Waals surface area contributed by atoms with Gasteiger partial charge in [0.1, 0.15) is 0 Å². The van der Waals surface area contributed by atoms with Gasteiger partial charge in [-0.3, -0.25) is 9.79 Å². The first kappa shape index (κ1) is 22.5. The van der Waals surface area contributed by atoms with E-state index < -0.39 is 0 Å². The molecule has 0 atom stereocenters. The lowest BCUT2D eigenvalue weighted by molar-refractivity contribution is 0.0955. The number of benzene rings is 2. The average Bonchev–Trinajstić information content (AvgIpc) is 2.53. The number of nitrogens with two attached hydrogens (primary N) is 1. The summed E-state index contributed by atoms with van der Waals surface area (Å²) in [5, 5.41) is 6.54. The molecule has 0 heterocycles. The lowest BCUT2D eigenvalue weighted by Gasteiger charge is -2.08. The van der Waals surface area contributed by atoms with Crippen molar-refractivity contribution in [3.05, 3.63) is 63.1 Å². The van der Waals surface area contributed by atoms with E-state index in [1.54, 1.807) is 12.1 Å². The van der Waals surface area contributed by atoms with E-state index >= 15 is 0 Å². The largest absolute Gasteiger partial charge is 0.370 e. The number of amides is 1.